The van der Waals surface area contributed by atoms with Gasteiger partial charge in [0.1, 0.15) is 5.54 Å². The lowest BCUT2D eigenvalue weighted by Gasteiger charge is -2.39. The van der Waals surface area contributed by atoms with Gasteiger partial charge >= 0.3 is 5.97 Å². The summed E-state index contributed by atoms with van der Waals surface area (Å²) >= 11 is 0. The predicted molar refractivity (Wildman–Crippen MR) is 64.2 cm³/mol. The van der Waals surface area contributed by atoms with Crippen LogP contribution < -0.4 is 5.32 Å². The number of ether oxygens (including phenoxy) is 1. The van der Waals surface area contributed by atoms with Crippen molar-refractivity contribution in [2.45, 2.75) is 25.8 Å². The Labute approximate surface area is 107 Å². The molecule has 7 nitrogen and oxygen atoms in total. The number of carbonyl (C=O) groups is 2. The molecule has 8 heteroatoms. The molecule has 1 N–H and O–H groups in total. The van der Waals surface area contributed by atoms with E-state index in [-0.39, 0.29) is 31.2 Å². The Kier molecular flexibility index (Phi) is 4.33. The summed E-state index contributed by atoms with van der Waals surface area (Å²) in [5.74, 6) is -1.27. The molecular formula is C10H18N2O5S. The number of nitrogens with zero attached hydrogens (tertiary/aromatic N) is 1. The third-order valence-electron chi connectivity index (χ3n) is 2.91. The molecule has 1 aliphatic heterocycles. The fourth-order valence-electron chi connectivity index (χ4n) is 1.79. The number of piperazine rings is 1. The van der Waals surface area contributed by atoms with Crippen LogP contribution in [-0.2, 0) is 24.3 Å². The quantitative estimate of drug-likeness (QED) is 0.672. The molecule has 0 unspecified atom stereocenters. The van der Waals surface area contributed by atoms with Gasteiger partial charge in [0.15, 0.2) is 0 Å². The van der Waals surface area contributed by atoms with Gasteiger partial charge in [-0.15, -0.1) is 0 Å². The largest absolute Gasteiger partial charge is 0.469 e. The lowest BCUT2D eigenvalue weighted by Crippen LogP contribution is -2.63. The van der Waals surface area contributed by atoms with E-state index in [1.54, 1.807) is 0 Å². The Morgan fingerprint density at radius 1 is 1.50 bits per heavy atom. The van der Waals surface area contributed by atoms with Gasteiger partial charge in [-0.25, -0.2) is 8.42 Å². The number of hydrogen-bond donors (Lipinski definition) is 1. The van der Waals surface area contributed by atoms with E-state index >= 15 is 0 Å². The Hall–Kier alpha value is -1.15. The summed E-state index contributed by atoms with van der Waals surface area (Å²) in [6, 6.07) is 0. The van der Waals surface area contributed by atoms with Crippen molar-refractivity contribution in [1.82, 2.24) is 9.62 Å². The maximum Gasteiger partial charge on any atom is 0.306 e. The molecule has 1 saturated heterocycles. The van der Waals surface area contributed by atoms with E-state index in [0.717, 1.165) is 4.31 Å². The average Bonchev–Trinajstić information content (AvgIpc) is 2.29. The van der Waals surface area contributed by atoms with E-state index in [9.17, 15) is 18.0 Å². The summed E-state index contributed by atoms with van der Waals surface area (Å²) in [6.07, 6.45) is -0.215. The highest BCUT2D eigenvalue weighted by Crippen LogP contribution is 2.22. The molecule has 0 atom stereocenters. The van der Waals surface area contributed by atoms with Crippen LogP contribution >= 0.6 is 0 Å². The Morgan fingerprint density at radius 3 is 2.67 bits per heavy atom. The molecule has 104 valence electrons. The molecule has 0 saturated carbocycles. The topological polar surface area (TPSA) is 92.8 Å². The van der Waals surface area contributed by atoms with Crippen LogP contribution in [0.15, 0.2) is 0 Å². The van der Waals surface area contributed by atoms with Gasteiger partial charge in [0.05, 0.1) is 19.3 Å². The van der Waals surface area contributed by atoms with Crippen molar-refractivity contribution in [3.63, 3.8) is 0 Å². The van der Waals surface area contributed by atoms with Crippen molar-refractivity contribution in [3.8, 4) is 0 Å². The Bertz CT molecular complexity index is 443. The number of esters is 1. The molecule has 1 heterocycles. The first-order chi connectivity index (χ1) is 8.21. The molecule has 1 fully saturated rings. The first-order valence-corrected chi connectivity index (χ1v) is 7.18. The van der Waals surface area contributed by atoms with Gasteiger partial charge in [0.25, 0.3) is 0 Å². The summed E-state index contributed by atoms with van der Waals surface area (Å²) in [4.78, 5) is 22.6. The highest BCUT2D eigenvalue weighted by atomic mass is 32.2. The smallest absolute Gasteiger partial charge is 0.306 e. The SMILES string of the molecule is COC(=O)CCS(=O)(=O)N1CCNC(=O)C1(C)C. The number of carbonyl (C=O) groups excluding carboxylic acids is 2. The van der Waals surface area contributed by atoms with Crippen molar-refractivity contribution in [1.29, 1.82) is 0 Å². The lowest BCUT2D eigenvalue weighted by atomic mass is 10.0. The van der Waals surface area contributed by atoms with Crippen LogP contribution in [0.1, 0.15) is 20.3 Å². The van der Waals surface area contributed by atoms with Crippen LogP contribution in [0.3, 0.4) is 0 Å². The van der Waals surface area contributed by atoms with Crippen LogP contribution in [0, 0.1) is 0 Å². The van der Waals surface area contributed by atoms with E-state index in [4.69, 9.17) is 0 Å². The molecule has 0 radical (unpaired) electrons. The number of hydrogen-bond acceptors (Lipinski definition) is 5. The summed E-state index contributed by atoms with van der Waals surface area (Å²) in [6.45, 7) is 3.57. The fourth-order valence-corrected chi connectivity index (χ4v) is 3.58. The molecule has 0 bridgehead atoms. The number of amides is 1. The van der Waals surface area contributed by atoms with E-state index in [1.165, 1.54) is 21.0 Å². The van der Waals surface area contributed by atoms with E-state index in [0.29, 0.717) is 0 Å². The number of nitrogens with one attached hydrogen (secondary N) is 1. The van der Waals surface area contributed by atoms with Crippen molar-refractivity contribution in [2.24, 2.45) is 0 Å². The van der Waals surface area contributed by atoms with Gasteiger partial charge in [-0.1, -0.05) is 0 Å². The average molecular weight is 278 g/mol. The molecule has 0 aliphatic carbocycles. The van der Waals surface area contributed by atoms with Crippen molar-refractivity contribution in [2.75, 3.05) is 26.0 Å². The standard InChI is InChI=1S/C10H18N2O5S/c1-10(2)9(14)11-5-6-12(10)18(15,16)7-4-8(13)17-3/h4-7H2,1-3H3,(H,11,14). The zero-order chi connectivity index (χ0) is 14.0. The first-order valence-electron chi connectivity index (χ1n) is 5.57. The molecule has 1 rings (SSSR count). The summed E-state index contributed by atoms with van der Waals surface area (Å²) < 4.78 is 29.8. The highest BCUT2D eigenvalue weighted by molar-refractivity contribution is 7.89. The van der Waals surface area contributed by atoms with Gasteiger partial charge in [0, 0.05) is 13.1 Å². The molecule has 1 amide bonds. The van der Waals surface area contributed by atoms with Crippen LogP contribution in [0.2, 0.25) is 0 Å². The van der Waals surface area contributed by atoms with Crippen LogP contribution in [0.4, 0.5) is 0 Å². The zero-order valence-electron chi connectivity index (χ0n) is 10.7. The molecule has 0 aromatic rings. The predicted octanol–water partition coefficient (Wildman–Crippen LogP) is -0.910. The molecule has 0 spiro atoms. The summed E-state index contributed by atoms with van der Waals surface area (Å²) in [5.41, 5.74) is -1.13. The Morgan fingerprint density at radius 2 is 2.11 bits per heavy atom. The molecule has 0 aromatic carbocycles. The van der Waals surface area contributed by atoms with Crippen LogP contribution in [0.5, 0.6) is 0 Å². The van der Waals surface area contributed by atoms with Crippen molar-refractivity contribution < 1.29 is 22.7 Å². The molecule has 0 aromatic heterocycles. The first kappa shape index (κ1) is 14.9. The van der Waals surface area contributed by atoms with Gasteiger partial charge in [0.2, 0.25) is 15.9 Å². The van der Waals surface area contributed by atoms with E-state index in [2.05, 4.69) is 10.1 Å². The second kappa shape index (κ2) is 5.23. The minimum atomic E-state index is -3.66. The molecule has 18 heavy (non-hydrogen) atoms. The fraction of sp³-hybridized carbons (Fsp3) is 0.800. The van der Waals surface area contributed by atoms with Gasteiger partial charge in [-0.3, -0.25) is 9.59 Å². The minimum absolute atomic E-state index is 0.211. The number of rotatable bonds is 4. The highest BCUT2D eigenvalue weighted by Gasteiger charge is 2.44. The lowest BCUT2D eigenvalue weighted by molar-refractivity contribution is -0.140. The Balaban J connectivity index is 2.84. The van der Waals surface area contributed by atoms with Crippen LogP contribution in [0.25, 0.3) is 0 Å². The van der Waals surface area contributed by atoms with Crippen LogP contribution in [-0.4, -0.2) is 56.1 Å². The summed E-state index contributed by atoms with van der Waals surface area (Å²) in [5, 5.41) is 2.61. The van der Waals surface area contributed by atoms with E-state index < -0.39 is 21.5 Å². The molecule has 1 aliphatic rings. The van der Waals surface area contributed by atoms with Gasteiger partial charge < -0.3 is 10.1 Å². The second-order valence-corrected chi connectivity index (χ2v) is 6.54. The maximum atomic E-state index is 12.1. The second-order valence-electron chi connectivity index (χ2n) is 4.53. The third-order valence-corrected chi connectivity index (χ3v) is 4.94. The zero-order valence-corrected chi connectivity index (χ0v) is 11.5. The van der Waals surface area contributed by atoms with E-state index in [1.807, 2.05) is 0 Å². The van der Waals surface area contributed by atoms with Crippen molar-refractivity contribution >= 4 is 21.9 Å². The van der Waals surface area contributed by atoms with Gasteiger partial charge in [-0.05, 0) is 13.8 Å². The monoisotopic (exact) mass is 278 g/mol. The summed E-state index contributed by atoms with van der Waals surface area (Å²) in [7, 11) is -2.46. The third kappa shape index (κ3) is 2.99. The normalized spacial score (nSPS) is 20.3. The van der Waals surface area contributed by atoms with Gasteiger partial charge in [-0.2, -0.15) is 4.31 Å². The number of sulfonamides is 1. The minimum Gasteiger partial charge on any atom is -0.469 e. The number of methoxy groups -OCH3 is 1. The van der Waals surface area contributed by atoms with Crippen molar-refractivity contribution in [3.05, 3.63) is 0 Å². The molecular weight excluding hydrogens is 260 g/mol. The maximum absolute atomic E-state index is 12.1.